The van der Waals surface area contributed by atoms with Crippen molar-refractivity contribution < 1.29 is 18.8 Å². The van der Waals surface area contributed by atoms with Gasteiger partial charge < -0.3 is 19.3 Å². The molecule has 1 aromatic carbocycles. The summed E-state index contributed by atoms with van der Waals surface area (Å²) in [5.41, 5.74) is 1.86. The molecule has 1 aliphatic rings. The number of aryl methyl sites for hydroxylation is 1. The molecule has 0 unspecified atom stereocenters. The van der Waals surface area contributed by atoms with Crippen molar-refractivity contribution in [2.75, 3.05) is 26.4 Å². The maximum atomic E-state index is 12.5. The largest absolute Gasteiger partial charge is 0.376 e. The molecule has 0 saturated carbocycles. The van der Waals surface area contributed by atoms with E-state index < -0.39 is 0 Å². The topological polar surface area (TPSA) is 73.6 Å². The van der Waals surface area contributed by atoms with Crippen LogP contribution in [0.1, 0.15) is 16.1 Å². The average molecular weight is 302 g/mol. The van der Waals surface area contributed by atoms with Crippen molar-refractivity contribution in [1.29, 1.82) is 0 Å². The monoisotopic (exact) mass is 302 g/mol. The van der Waals surface area contributed by atoms with E-state index >= 15 is 0 Å². The van der Waals surface area contributed by atoms with Crippen molar-refractivity contribution in [3.63, 3.8) is 0 Å². The first-order chi connectivity index (χ1) is 10.8. The minimum atomic E-state index is -0.216. The summed E-state index contributed by atoms with van der Waals surface area (Å²) in [7, 11) is 0. The minimum absolute atomic E-state index is 0.113. The number of hydrogen-bond donors (Lipinski definition) is 1. The molecule has 1 N–H and O–H groups in total. The number of ether oxygens (including phenoxy) is 2. The Hall–Kier alpha value is -2.18. The highest BCUT2D eigenvalue weighted by Gasteiger charge is 2.23. The SMILES string of the molecule is Cc1onc(-c2ccccc2)c1C(=O)NC[C@H]1COCCO1. The van der Waals surface area contributed by atoms with E-state index in [4.69, 9.17) is 14.0 Å². The van der Waals surface area contributed by atoms with Crippen LogP contribution >= 0.6 is 0 Å². The van der Waals surface area contributed by atoms with Gasteiger partial charge in [-0.1, -0.05) is 35.5 Å². The second-order valence-corrected chi connectivity index (χ2v) is 5.11. The van der Waals surface area contributed by atoms with Gasteiger partial charge in [0.05, 0.1) is 25.9 Å². The summed E-state index contributed by atoms with van der Waals surface area (Å²) in [6.45, 7) is 3.79. The van der Waals surface area contributed by atoms with Gasteiger partial charge in [0.25, 0.3) is 5.91 Å². The third kappa shape index (κ3) is 3.18. The molecule has 6 nitrogen and oxygen atoms in total. The Morgan fingerprint density at radius 3 is 2.86 bits per heavy atom. The van der Waals surface area contributed by atoms with Crippen molar-refractivity contribution in [2.45, 2.75) is 13.0 Å². The molecular weight excluding hydrogens is 284 g/mol. The first-order valence-electron chi connectivity index (χ1n) is 7.25. The van der Waals surface area contributed by atoms with Gasteiger partial charge in [-0.2, -0.15) is 0 Å². The van der Waals surface area contributed by atoms with Crippen LogP contribution in [-0.2, 0) is 9.47 Å². The fourth-order valence-electron chi connectivity index (χ4n) is 2.38. The molecule has 1 aliphatic heterocycles. The van der Waals surface area contributed by atoms with E-state index in [1.807, 2.05) is 30.3 Å². The van der Waals surface area contributed by atoms with Crippen molar-refractivity contribution in [3.8, 4) is 11.3 Å². The number of benzene rings is 1. The van der Waals surface area contributed by atoms with E-state index in [9.17, 15) is 4.79 Å². The van der Waals surface area contributed by atoms with Crippen LogP contribution in [0, 0.1) is 6.92 Å². The van der Waals surface area contributed by atoms with Gasteiger partial charge in [-0.25, -0.2) is 0 Å². The predicted molar refractivity (Wildman–Crippen MR) is 79.6 cm³/mol. The molecule has 0 aliphatic carbocycles. The van der Waals surface area contributed by atoms with Crippen LogP contribution < -0.4 is 5.32 Å². The van der Waals surface area contributed by atoms with Gasteiger partial charge in [-0.05, 0) is 6.92 Å². The van der Waals surface area contributed by atoms with E-state index in [1.54, 1.807) is 6.92 Å². The molecular formula is C16H18N2O4. The number of nitrogens with one attached hydrogen (secondary N) is 1. The third-order valence-electron chi connectivity index (χ3n) is 3.51. The molecule has 1 atom stereocenters. The molecule has 1 fully saturated rings. The maximum Gasteiger partial charge on any atom is 0.257 e. The zero-order valence-corrected chi connectivity index (χ0v) is 12.4. The summed E-state index contributed by atoms with van der Waals surface area (Å²) in [6, 6.07) is 9.50. The summed E-state index contributed by atoms with van der Waals surface area (Å²) in [5, 5.41) is 6.87. The number of aromatic nitrogens is 1. The van der Waals surface area contributed by atoms with Crippen molar-refractivity contribution in [1.82, 2.24) is 10.5 Å². The van der Waals surface area contributed by atoms with Gasteiger partial charge in [0.1, 0.15) is 17.0 Å². The Balaban J connectivity index is 1.73. The van der Waals surface area contributed by atoms with E-state index in [0.29, 0.717) is 43.4 Å². The second kappa shape index (κ2) is 6.72. The standard InChI is InChI=1S/C16H18N2O4/c1-11-14(15(18-22-11)12-5-3-2-4-6-12)16(19)17-9-13-10-20-7-8-21-13/h2-6,13H,7-10H2,1H3,(H,17,19)/t13-/m0/s1. The lowest BCUT2D eigenvalue weighted by Gasteiger charge is -2.23. The van der Waals surface area contributed by atoms with Crippen LogP contribution in [0.25, 0.3) is 11.3 Å². The molecule has 0 spiro atoms. The highest BCUT2D eigenvalue weighted by molar-refractivity contribution is 6.00. The van der Waals surface area contributed by atoms with E-state index in [1.165, 1.54) is 0 Å². The van der Waals surface area contributed by atoms with Crippen LogP contribution in [-0.4, -0.2) is 43.5 Å². The zero-order valence-electron chi connectivity index (χ0n) is 12.4. The van der Waals surface area contributed by atoms with Crippen LogP contribution in [0.4, 0.5) is 0 Å². The Labute approximate surface area is 128 Å². The molecule has 1 saturated heterocycles. The molecule has 2 aromatic rings. The first kappa shape index (κ1) is 14.7. The highest BCUT2D eigenvalue weighted by Crippen LogP contribution is 2.24. The quantitative estimate of drug-likeness (QED) is 0.932. The molecule has 2 heterocycles. The highest BCUT2D eigenvalue weighted by atomic mass is 16.6. The van der Waals surface area contributed by atoms with Gasteiger partial charge in [-0.3, -0.25) is 4.79 Å². The Kier molecular flexibility index (Phi) is 4.50. The summed E-state index contributed by atoms with van der Waals surface area (Å²) in [5.74, 6) is 0.281. The van der Waals surface area contributed by atoms with E-state index in [2.05, 4.69) is 10.5 Å². The van der Waals surface area contributed by atoms with E-state index in [0.717, 1.165) is 5.56 Å². The minimum Gasteiger partial charge on any atom is -0.376 e. The summed E-state index contributed by atoms with van der Waals surface area (Å²) < 4.78 is 16.0. The Bertz CT molecular complexity index is 633. The Morgan fingerprint density at radius 1 is 1.32 bits per heavy atom. The third-order valence-corrected chi connectivity index (χ3v) is 3.51. The van der Waals surface area contributed by atoms with Crippen molar-refractivity contribution >= 4 is 5.91 Å². The number of rotatable bonds is 4. The van der Waals surface area contributed by atoms with Crippen molar-refractivity contribution in [3.05, 3.63) is 41.7 Å². The smallest absolute Gasteiger partial charge is 0.257 e. The number of carbonyl (C=O) groups excluding carboxylic acids is 1. The van der Waals surface area contributed by atoms with Crippen molar-refractivity contribution in [2.24, 2.45) is 0 Å². The lowest BCUT2D eigenvalue weighted by atomic mass is 10.1. The first-order valence-corrected chi connectivity index (χ1v) is 7.25. The van der Waals surface area contributed by atoms with E-state index in [-0.39, 0.29) is 12.0 Å². The summed E-state index contributed by atoms with van der Waals surface area (Å²) >= 11 is 0. The fraction of sp³-hybridized carbons (Fsp3) is 0.375. The van der Waals surface area contributed by atoms with Crippen LogP contribution in [0.15, 0.2) is 34.9 Å². The average Bonchev–Trinajstić information content (AvgIpc) is 2.96. The van der Waals surface area contributed by atoms with Gasteiger partial charge in [0.15, 0.2) is 0 Å². The molecule has 1 aromatic heterocycles. The van der Waals surface area contributed by atoms with Crippen LogP contribution in [0.3, 0.4) is 0 Å². The van der Waals surface area contributed by atoms with Crippen LogP contribution in [0.5, 0.6) is 0 Å². The zero-order chi connectivity index (χ0) is 15.4. The van der Waals surface area contributed by atoms with Gasteiger partial charge in [-0.15, -0.1) is 0 Å². The molecule has 1 amide bonds. The van der Waals surface area contributed by atoms with Gasteiger partial charge in [0.2, 0.25) is 0 Å². The number of nitrogens with zero attached hydrogens (tertiary/aromatic N) is 1. The molecule has 0 radical (unpaired) electrons. The van der Waals surface area contributed by atoms with Crippen LogP contribution in [0.2, 0.25) is 0 Å². The maximum absolute atomic E-state index is 12.5. The fourth-order valence-corrected chi connectivity index (χ4v) is 2.38. The lowest BCUT2D eigenvalue weighted by molar-refractivity contribution is -0.0855. The summed E-state index contributed by atoms with van der Waals surface area (Å²) in [6.07, 6.45) is -0.113. The number of amides is 1. The number of carbonyl (C=O) groups is 1. The normalized spacial score (nSPS) is 18.1. The Morgan fingerprint density at radius 2 is 2.14 bits per heavy atom. The molecule has 6 heteroatoms. The van der Waals surface area contributed by atoms with Gasteiger partial charge in [0, 0.05) is 12.1 Å². The molecule has 116 valence electrons. The second-order valence-electron chi connectivity index (χ2n) is 5.11. The number of hydrogen-bond acceptors (Lipinski definition) is 5. The molecule has 0 bridgehead atoms. The molecule has 22 heavy (non-hydrogen) atoms. The summed E-state index contributed by atoms with van der Waals surface area (Å²) in [4.78, 5) is 12.5. The lowest BCUT2D eigenvalue weighted by Crippen LogP contribution is -2.39. The predicted octanol–water partition coefficient (Wildman–Crippen LogP) is 1.80. The van der Waals surface area contributed by atoms with Gasteiger partial charge >= 0.3 is 0 Å². The molecule has 3 rings (SSSR count).